The van der Waals surface area contributed by atoms with Crippen molar-refractivity contribution in [1.82, 2.24) is 4.90 Å². The number of hydrogen-bond donors (Lipinski definition) is 0. The summed E-state index contributed by atoms with van der Waals surface area (Å²) in [6.07, 6.45) is -0.499. The van der Waals surface area contributed by atoms with Crippen molar-refractivity contribution in [3.05, 3.63) is 94.7 Å². The third kappa shape index (κ3) is 7.18. The number of ketones is 1. The van der Waals surface area contributed by atoms with Gasteiger partial charge in [-0.2, -0.15) is 18.4 Å². The van der Waals surface area contributed by atoms with Gasteiger partial charge < -0.3 is 14.1 Å². The number of benzene rings is 3. The van der Waals surface area contributed by atoms with Crippen LogP contribution >= 0.6 is 0 Å². The van der Waals surface area contributed by atoms with Gasteiger partial charge in [0.15, 0.2) is 11.5 Å². The second-order valence-corrected chi connectivity index (χ2v) is 12.2. The Hall–Kier alpha value is -4.29. The van der Waals surface area contributed by atoms with Crippen molar-refractivity contribution in [2.75, 3.05) is 31.1 Å². The van der Waals surface area contributed by atoms with Crippen LogP contribution in [0, 0.1) is 24.2 Å². The Bertz CT molecular complexity index is 1670. The lowest BCUT2D eigenvalue weighted by Crippen LogP contribution is -2.38. The molecular weight excluding hydrogens is 579 g/mol. The largest absolute Gasteiger partial charge is 0.490 e. The van der Waals surface area contributed by atoms with Crippen LogP contribution in [0.15, 0.2) is 71.1 Å². The number of piperidine rings is 2. The van der Waals surface area contributed by atoms with Gasteiger partial charge in [-0.05, 0) is 92.9 Å². The SMILES string of the molecule is Cc1c(C(=O)CC2CCN(Cc3ccc(C#N)cc3)CC2)oc2cc(OC3CCN(c4ccc(C(F)(F)F)cc4)CC3)ccc12. The van der Waals surface area contributed by atoms with Crippen molar-refractivity contribution < 1.29 is 27.1 Å². The molecule has 4 aromatic rings. The summed E-state index contributed by atoms with van der Waals surface area (Å²) >= 11 is 0. The molecule has 0 spiro atoms. The van der Waals surface area contributed by atoms with E-state index in [4.69, 9.17) is 14.4 Å². The number of ether oxygens (including phenoxy) is 1. The van der Waals surface area contributed by atoms with Gasteiger partial charge in [0.05, 0.1) is 17.2 Å². The van der Waals surface area contributed by atoms with Crippen LogP contribution < -0.4 is 9.64 Å². The van der Waals surface area contributed by atoms with Crippen LogP contribution in [0.1, 0.15) is 64.9 Å². The van der Waals surface area contributed by atoms with Gasteiger partial charge in [-0.3, -0.25) is 9.69 Å². The minimum absolute atomic E-state index is 0.0203. The lowest BCUT2D eigenvalue weighted by Gasteiger charge is -2.33. The van der Waals surface area contributed by atoms with Crippen LogP contribution in [0.4, 0.5) is 18.9 Å². The molecule has 0 amide bonds. The van der Waals surface area contributed by atoms with Crippen molar-refractivity contribution in [3.8, 4) is 11.8 Å². The van der Waals surface area contributed by atoms with Gasteiger partial charge in [0.2, 0.25) is 0 Å². The highest BCUT2D eigenvalue weighted by atomic mass is 19.4. The Morgan fingerprint density at radius 1 is 0.956 bits per heavy atom. The van der Waals surface area contributed by atoms with Gasteiger partial charge in [-0.1, -0.05) is 12.1 Å². The smallest absolute Gasteiger partial charge is 0.416 e. The number of carbonyl (C=O) groups excluding carboxylic acids is 1. The molecule has 0 aliphatic carbocycles. The second-order valence-electron chi connectivity index (χ2n) is 12.2. The minimum Gasteiger partial charge on any atom is -0.490 e. The second kappa shape index (κ2) is 13.0. The van der Waals surface area contributed by atoms with E-state index in [9.17, 15) is 18.0 Å². The number of hydrogen-bond acceptors (Lipinski definition) is 6. The molecule has 0 saturated carbocycles. The van der Waals surface area contributed by atoms with Gasteiger partial charge in [0.1, 0.15) is 17.4 Å². The number of nitrogens with zero attached hydrogens (tertiary/aromatic N) is 3. The first-order chi connectivity index (χ1) is 21.7. The lowest BCUT2D eigenvalue weighted by atomic mass is 9.90. The van der Waals surface area contributed by atoms with Crippen molar-refractivity contribution in [1.29, 1.82) is 5.26 Å². The van der Waals surface area contributed by atoms with E-state index in [0.717, 1.165) is 74.1 Å². The number of anilines is 1. The number of aryl methyl sites for hydroxylation is 1. The predicted octanol–water partition coefficient (Wildman–Crippen LogP) is 8.16. The van der Waals surface area contributed by atoms with Gasteiger partial charge in [-0.25, -0.2) is 0 Å². The van der Waals surface area contributed by atoms with Crippen LogP contribution in [0.2, 0.25) is 0 Å². The summed E-state index contributed by atoms with van der Waals surface area (Å²) in [6.45, 7) is 6.01. The topological polar surface area (TPSA) is 69.7 Å². The average molecular weight is 616 g/mol. The zero-order valence-corrected chi connectivity index (χ0v) is 25.3. The van der Waals surface area contributed by atoms with Gasteiger partial charge in [0, 0.05) is 61.6 Å². The maximum Gasteiger partial charge on any atom is 0.416 e. The number of likely N-dealkylation sites (tertiary alicyclic amines) is 1. The molecule has 2 aliphatic heterocycles. The van der Waals surface area contributed by atoms with E-state index in [0.29, 0.717) is 48.1 Å². The summed E-state index contributed by atoms with van der Waals surface area (Å²) in [4.78, 5) is 17.8. The number of rotatable bonds is 8. The number of nitriles is 1. The van der Waals surface area contributed by atoms with Crippen molar-refractivity contribution >= 4 is 22.4 Å². The quantitative estimate of drug-likeness (QED) is 0.186. The van der Waals surface area contributed by atoms with Crippen molar-refractivity contribution in [3.63, 3.8) is 0 Å². The zero-order valence-electron chi connectivity index (χ0n) is 25.3. The Balaban J connectivity index is 1.00. The number of Topliss-reactive ketones (excluding diaryl/α,β-unsaturated/α-hetero) is 1. The first-order valence-electron chi connectivity index (χ1n) is 15.5. The Labute approximate surface area is 261 Å². The summed E-state index contributed by atoms with van der Waals surface area (Å²) < 4.78 is 51.1. The zero-order chi connectivity index (χ0) is 31.6. The number of halogens is 3. The molecule has 3 heterocycles. The molecule has 6 nitrogen and oxygen atoms in total. The van der Waals surface area contributed by atoms with Crippen LogP contribution in [0.3, 0.4) is 0 Å². The molecule has 2 aliphatic rings. The fourth-order valence-corrected chi connectivity index (χ4v) is 6.48. The minimum atomic E-state index is -4.34. The summed E-state index contributed by atoms with van der Waals surface area (Å²) in [5, 5.41) is 9.90. The summed E-state index contributed by atoms with van der Waals surface area (Å²) in [7, 11) is 0. The monoisotopic (exact) mass is 615 g/mol. The molecule has 0 N–H and O–H groups in total. The molecule has 2 saturated heterocycles. The van der Waals surface area contributed by atoms with Gasteiger partial charge >= 0.3 is 6.18 Å². The maximum absolute atomic E-state index is 13.3. The van der Waals surface area contributed by atoms with Crippen molar-refractivity contribution in [2.24, 2.45) is 5.92 Å². The summed E-state index contributed by atoms with van der Waals surface area (Å²) in [5.74, 6) is 1.45. The molecule has 234 valence electrons. The molecule has 6 rings (SSSR count). The summed E-state index contributed by atoms with van der Waals surface area (Å²) in [5.41, 5.74) is 3.47. The Morgan fingerprint density at radius 2 is 1.64 bits per heavy atom. The van der Waals surface area contributed by atoms with E-state index < -0.39 is 11.7 Å². The van der Waals surface area contributed by atoms with Crippen LogP contribution in [-0.2, 0) is 12.7 Å². The van der Waals surface area contributed by atoms with E-state index in [1.165, 1.54) is 17.7 Å². The Kier molecular flexibility index (Phi) is 8.86. The molecule has 2 fully saturated rings. The molecule has 0 bridgehead atoms. The Morgan fingerprint density at radius 3 is 2.29 bits per heavy atom. The average Bonchev–Trinajstić information content (AvgIpc) is 3.38. The summed E-state index contributed by atoms with van der Waals surface area (Å²) in [6, 6.07) is 20.9. The van der Waals surface area contributed by atoms with Crippen molar-refractivity contribution in [2.45, 2.75) is 57.9 Å². The number of carbonyl (C=O) groups is 1. The normalized spacial score (nSPS) is 17.0. The molecule has 45 heavy (non-hydrogen) atoms. The van der Waals surface area contributed by atoms with E-state index >= 15 is 0 Å². The lowest BCUT2D eigenvalue weighted by molar-refractivity contribution is -0.137. The van der Waals surface area contributed by atoms with E-state index in [-0.39, 0.29) is 11.9 Å². The van der Waals surface area contributed by atoms with Crippen LogP contribution in [-0.4, -0.2) is 43.0 Å². The predicted molar refractivity (Wildman–Crippen MR) is 166 cm³/mol. The standard InChI is InChI=1S/C36H36F3N3O3/c1-24-32-11-10-31(44-30-14-18-42(19-15-30)29-8-6-28(7-9-29)36(37,38)39)21-34(32)45-35(24)33(43)20-25-12-16-41(17-13-25)23-27-4-2-26(22-40)3-5-27/h2-11,21,25,30H,12-20,23H2,1H3. The number of alkyl halides is 3. The molecule has 3 aromatic carbocycles. The highest BCUT2D eigenvalue weighted by Gasteiger charge is 2.31. The molecular formula is C36H36F3N3O3. The first kappa shape index (κ1) is 30.7. The maximum atomic E-state index is 13.3. The van der Waals surface area contributed by atoms with Gasteiger partial charge in [-0.15, -0.1) is 0 Å². The molecule has 9 heteroatoms. The van der Waals surface area contributed by atoms with Crippen LogP contribution in [0.25, 0.3) is 11.0 Å². The fraction of sp³-hybridized carbons (Fsp3) is 0.389. The van der Waals surface area contributed by atoms with Gasteiger partial charge in [0.25, 0.3) is 0 Å². The number of fused-ring (bicyclic) bond motifs is 1. The molecule has 0 atom stereocenters. The van der Waals surface area contributed by atoms with E-state index in [2.05, 4.69) is 15.9 Å². The van der Waals surface area contributed by atoms with E-state index in [1.54, 1.807) is 0 Å². The molecule has 0 radical (unpaired) electrons. The fourth-order valence-electron chi connectivity index (χ4n) is 6.48. The first-order valence-corrected chi connectivity index (χ1v) is 15.5. The highest BCUT2D eigenvalue weighted by molar-refractivity contribution is 6.00. The molecule has 0 unspecified atom stereocenters. The molecule has 1 aromatic heterocycles. The third-order valence-corrected chi connectivity index (χ3v) is 9.14. The van der Waals surface area contributed by atoms with Crippen LogP contribution in [0.5, 0.6) is 5.75 Å². The highest BCUT2D eigenvalue weighted by Crippen LogP contribution is 2.34. The third-order valence-electron chi connectivity index (χ3n) is 9.14. The van der Waals surface area contributed by atoms with E-state index in [1.807, 2.05) is 49.4 Å². The number of furan rings is 1.